The number of nitrogens with zero attached hydrogens (tertiary/aromatic N) is 8. The molecule has 2 fully saturated rings. The molecule has 5 N–H and O–H groups in total. The van der Waals surface area contributed by atoms with Crippen LogP contribution in [0.2, 0.25) is 0 Å². The van der Waals surface area contributed by atoms with Crippen molar-refractivity contribution in [2.24, 2.45) is 5.73 Å². The molecule has 2 aromatic carbocycles. The largest absolute Gasteiger partial charge is 0.480 e. The minimum Gasteiger partial charge on any atom is -0.480 e. The molecule has 0 bridgehead atoms. The molecular formula is C50H60BF2N12O6. The number of nitrogens with one attached hydrogen (secondary N) is 3. The highest BCUT2D eigenvalue weighted by molar-refractivity contribution is 5.84. The number of rotatable bonds is 12. The molecule has 10 rings (SSSR count). The monoisotopic (exact) mass is 973 g/mol. The van der Waals surface area contributed by atoms with Crippen LogP contribution in [0.5, 0.6) is 17.6 Å². The molecule has 0 amide bonds. The summed E-state index contributed by atoms with van der Waals surface area (Å²) in [6.07, 6.45) is 16.7. The molecule has 1 aliphatic heterocycles. The molecular weight excluding hydrogens is 913 g/mol. The predicted molar refractivity (Wildman–Crippen MR) is 262 cm³/mol. The van der Waals surface area contributed by atoms with Gasteiger partial charge in [-0.2, -0.15) is 0 Å². The normalized spacial score (nSPS) is 19.2. The first-order chi connectivity index (χ1) is 33.5. The Balaban J connectivity index is 0.000000191. The number of benzene rings is 2. The molecule has 2 saturated carbocycles. The second-order valence-electron chi connectivity index (χ2n) is 17.6. The summed E-state index contributed by atoms with van der Waals surface area (Å²) in [6.45, 7) is 1.49. The maximum absolute atomic E-state index is 14.6. The molecule has 0 spiro atoms. The van der Waals surface area contributed by atoms with E-state index in [1.165, 1.54) is 38.7 Å². The van der Waals surface area contributed by atoms with Gasteiger partial charge in [0.2, 0.25) is 17.6 Å². The minimum absolute atomic E-state index is 0. The third-order valence-electron chi connectivity index (χ3n) is 12.8. The summed E-state index contributed by atoms with van der Waals surface area (Å²) in [4.78, 5) is 67.3. The van der Waals surface area contributed by atoms with Crippen molar-refractivity contribution >= 4 is 48.3 Å². The maximum Gasteiger partial charge on any atom is 0.236 e. The van der Waals surface area contributed by atoms with Gasteiger partial charge in [-0.3, -0.25) is 19.4 Å². The van der Waals surface area contributed by atoms with Crippen molar-refractivity contribution in [1.82, 2.24) is 55.8 Å². The summed E-state index contributed by atoms with van der Waals surface area (Å²) in [7, 11) is 3.05. The third-order valence-corrected chi connectivity index (χ3v) is 12.8. The predicted octanol–water partition coefficient (Wildman–Crippen LogP) is 5.00. The number of ketones is 2. The average Bonchev–Trinajstić information content (AvgIpc) is 3.38. The lowest BCUT2D eigenvalue weighted by molar-refractivity contribution is -0.121. The van der Waals surface area contributed by atoms with Crippen molar-refractivity contribution < 1.29 is 37.4 Å². The molecule has 373 valence electrons. The number of aryl methyl sites for hydroxylation is 1. The number of carbonyl (C=O) groups is 3. The van der Waals surface area contributed by atoms with Crippen LogP contribution >= 0.6 is 0 Å². The van der Waals surface area contributed by atoms with Crippen molar-refractivity contribution in [3.8, 4) is 17.6 Å². The lowest BCUT2D eigenvalue weighted by Gasteiger charge is -2.30. The van der Waals surface area contributed by atoms with Gasteiger partial charge in [-0.05, 0) is 82.1 Å². The summed E-state index contributed by atoms with van der Waals surface area (Å²) in [6, 6.07) is 7.52. The van der Waals surface area contributed by atoms with E-state index >= 15 is 0 Å². The Morgan fingerprint density at radius 3 is 1.73 bits per heavy atom. The molecule has 71 heavy (non-hydrogen) atoms. The van der Waals surface area contributed by atoms with Crippen LogP contribution in [-0.4, -0.2) is 111 Å². The molecule has 0 saturated heterocycles. The van der Waals surface area contributed by atoms with Gasteiger partial charge in [-0.1, -0.05) is 7.43 Å². The molecule has 0 atom stereocenters. The fourth-order valence-corrected chi connectivity index (χ4v) is 8.86. The van der Waals surface area contributed by atoms with Crippen molar-refractivity contribution in [2.75, 3.05) is 20.8 Å². The first-order valence-corrected chi connectivity index (χ1v) is 23.3. The van der Waals surface area contributed by atoms with Gasteiger partial charge in [0.15, 0.2) is 12.1 Å². The number of ether oxygens (including phenoxy) is 3. The lowest BCUT2D eigenvalue weighted by Crippen LogP contribution is -2.39. The van der Waals surface area contributed by atoms with E-state index in [2.05, 4.69) is 55.8 Å². The second-order valence-corrected chi connectivity index (χ2v) is 17.6. The van der Waals surface area contributed by atoms with Crippen LogP contribution in [0.25, 0.3) is 22.1 Å². The second kappa shape index (κ2) is 25.5. The number of nitrogens with two attached hydrogens (primary N) is 1. The van der Waals surface area contributed by atoms with E-state index in [4.69, 9.17) is 19.9 Å². The van der Waals surface area contributed by atoms with Gasteiger partial charge >= 0.3 is 0 Å². The van der Waals surface area contributed by atoms with Gasteiger partial charge in [0.1, 0.15) is 46.4 Å². The molecule has 6 aromatic rings. The Bertz CT molecular complexity index is 2800. The van der Waals surface area contributed by atoms with Crippen LogP contribution in [-0.2, 0) is 48.5 Å². The van der Waals surface area contributed by atoms with Gasteiger partial charge in [-0.25, -0.2) is 43.7 Å². The van der Waals surface area contributed by atoms with Crippen LogP contribution in [0, 0.1) is 11.6 Å². The lowest BCUT2D eigenvalue weighted by atomic mass is 9.91. The first kappa shape index (κ1) is 53.8. The number of aromatic nitrogens is 8. The highest BCUT2D eigenvalue weighted by Crippen LogP contribution is 2.26. The van der Waals surface area contributed by atoms with E-state index in [9.17, 15) is 23.2 Å². The highest BCUT2D eigenvalue weighted by Gasteiger charge is 2.24. The highest BCUT2D eigenvalue weighted by atomic mass is 19.1. The van der Waals surface area contributed by atoms with E-state index in [1.54, 1.807) is 24.5 Å². The molecule has 4 aromatic heterocycles. The Morgan fingerprint density at radius 1 is 0.648 bits per heavy atom. The summed E-state index contributed by atoms with van der Waals surface area (Å²) >= 11 is 0. The SMILES string of the molecule is C.COc1cnc2ccc(F)c(CNC3CCC(N)CC3)c2n1.COc1cnc2ccc(F)c(CNC3CCC(NCc4cnc5c(n4)CC(=O)CO5)CC3)c2n1.O=Cc1cnc2c(n1)CC(=O)CC2.[B]. The Hall–Kier alpha value is -6.55. The van der Waals surface area contributed by atoms with Crippen LogP contribution in [0.4, 0.5) is 8.78 Å². The molecule has 3 aliphatic carbocycles. The zero-order valence-electron chi connectivity index (χ0n) is 39.3. The maximum atomic E-state index is 14.6. The standard InChI is InChI=1S/C24H27FN6O3.C16H21FN4O.C9H8N2O2.CH4.B/c1-33-22-12-28-20-7-6-19(25)18(23(20)31-22)11-27-15-4-2-14(3-5-15)26-9-16-10-29-24-21(30-16)8-17(32)13-34-24;1-22-15-9-20-14-7-6-13(17)12(16(14)21-15)8-19-11-4-2-10(18)3-5-11;12-5-6-4-10-8-2-1-7(13)3-9(8)11-6;;/h6-7,10,12,14-15,26-27H,2-5,8-9,11,13H2,1H3;6-7,9-11,19H,2-5,8,18H2,1H3;4-5H,1-3H2;1H4;. The van der Waals surface area contributed by atoms with E-state index in [1.807, 2.05) is 0 Å². The summed E-state index contributed by atoms with van der Waals surface area (Å²) in [5.74, 6) is 0.849. The van der Waals surface area contributed by atoms with Gasteiger partial charge < -0.3 is 35.9 Å². The molecule has 18 nitrogen and oxygen atoms in total. The fraction of sp³-hybridized carbons (Fsp3) is 0.460. The van der Waals surface area contributed by atoms with Gasteiger partial charge in [-0.15, -0.1) is 0 Å². The quantitative estimate of drug-likeness (QED) is 0.0931. The first-order valence-electron chi connectivity index (χ1n) is 23.3. The topological polar surface area (TPSA) is 244 Å². The van der Waals surface area contributed by atoms with Crippen molar-refractivity contribution in [3.63, 3.8) is 0 Å². The molecule has 21 heteroatoms. The van der Waals surface area contributed by atoms with E-state index in [0.29, 0.717) is 137 Å². The van der Waals surface area contributed by atoms with Gasteiger partial charge in [0.25, 0.3) is 0 Å². The number of Topliss-reactive ketones (excluding diaryl/α,β-unsaturated/α-hetero) is 2. The third kappa shape index (κ3) is 14.1. The molecule has 0 unspecified atom stereocenters. The summed E-state index contributed by atoms with van der Waals surface area (Å²) < 4.78 is 44.3. The van der Waals surface area contributed by atoms with Crippen molar-refractivity contribution in [3.05, 3.63) is 100 Å². The molecule has 5 heterocycles. The Kier molecular flexibility index (Phi) is 19.3. The zero-order chi connectivity index (χ0) is 48.3. The van der Waals surface area contributed by atoms with Crippen molar-refractivity contribution in [2.45, 2.75) is 128 Å². The smallest absolute Gasteiger partial charge is 0.236 e. The van der Waals surface area contributed by atoms with Gasteiger partial charge in [0, 0.05) is 69.8 Å². The van der Waals surface area contributed by atoms with Crippen molar-refractivity contribution in [1.29, 1.82) is 0 Å². The van der Waals surface area contributed by atoms with E-state index < -0.39 is 0 Å². The van der Waals surface area contributed by atoms with Crippen LogP contribution in [0.15, 0.2) is 49.1 Å². The van der Waals surface area contributed by atoms with E-state index in [-0.39, 0.29) is 52.1 Å². The Morgan fingerprint density at radius 2 is 1.18 bits per heavy atom. The number of hydrogen-bond donors (Lipinski definition) is 4. The van der Waals surface area contributed by atoms with Gasteiger partial charge in [0.05, 0.1) is 80.0 Å². The number of aldehydes is 1. The van der Waals surface area contributed by atoms with E-state index in [0.717, 1.165) is 62.8 Å². The van der Waals surface area contributed by atoms with Crippen LogP contribution in [0.1, 0.15) is 110 Å². The number of methoxy groups -OCH3 is 2. The van der Waals surface area contributed by atoms with Crippen LogP contribution in [0.3, 0.4) is 0 Å². The summed E-state index contributed by atoms with van der Waals surface area (Å²) in [5, 5.41) is 10.5. The fourth-order valence-electron chi connectivity index (χ4n) is 8.86. The molecule has 4 aliphatic rings. The molecule has 3 radical (unpaired) electrons. The van der Waals surface area contributed by atoms with Crippen LogP contribution < -0.4 is 35.9 Å². The summed E-state index contributed by atoms with van der Waals surface area (Å²) in [5.41, 5.74) is 12.6. The minimum atomic E-state index is -0.295. The number of halogens is 2. The number of fused-ring (bicyclic) bond motifs is 4. The number of hydrogen-bond acceptors (Lipinski definition) is 18. The zero-order valence-corrected chi connectivity index (χ0v) is 39.3. The average molecular weight is 974 g/mol. The Labute approximate surface area is 413 Å². The number of carbonyl (C=O) groups excluding carboxylic acids is 3.